The van der Waals surface area contributed by atoms with Gasteiger partial charge in [-0.15, -0.1) is 0 Å². The lowest BCUT2D eigenvalue weighted by Gasteiger charge is -2.19. The average molecular weight is 372 g/mol. The summed E-state index contributed by atoms with van der Waals surface area (Å²) in [5, 5.41) is 4.52. The predicted molar refractivity (Wildman–Crippen MR) is 102 cm³/mol. The first-order valence-corrected chi connectivity index (χ1v) is 9.17. The van der Waals surface area contributed by atoms with Gasteiger partial charge in [0.1, 0.15) is 0 Å². The molecule has 0 atom stereocenters. The summed E-state index contributed by atoms with van der Waals surface area (Å²) in [5.41, 5.74) is 3.64. The molecule has 0 fully saturated rings. The topological polar surface area (TPSA) is 17.8 Å². The van der Waals surface area contributed by atoms with Crippen LogP contribution in [0, 0.1) is 6.92 Å². The normalized spacial score (nSPS) is 12.0. The van der Waals surface area contributed by atoms with Gasteiger partial charge in [0.05, 0.1) is 16.9 Å². The Morgan fingerprint density at radius 2 is 1.67 bits per heavy atom. The van der Waals surface area contributed by atoms with Crippen LogP contribution in [0.3, 0.4) is 0 Å². The highest BCUT2D eigenvalue weighted by molar-refractivity contribution is 5.68. The minimum absolute atomic E-state index is 0.375. The fraction of sp³-hybridized carbons (Fsp3) is 0.318. The third-order valence-electron chi connectivity index (χ3n) is 4.95. The molecular weight excluding hydrogens is 349 g/mol. The Labute approximate surface area is 157 Å². The molecule has 0 N–H and O–H groups in total. The Bertz CT molecular complexity index is 921. The first-order valence-electron chi connectivity index (χ1n) is 9.17. The Morgan fingerprint density at radius 1 is 0.963 bits per heavy atom. The quantitative estimate of drug-likeness (QED) is 0.483. The Hall–Kier alpha value is -2.56. The van der Waals surface area contributed by atoms with Crippen molar-refractivity contribution in [3.8, 4) is 16.8 Å². The number of halogens is 3. The van der Waals surface area contributed by atoms with Crippen LogP contribution in [0.15, 0.2) is 54.7 Å². The van der Waals surface area contributed by atoms with E-state index in [1.165, 1.54) is 17.7 Å². The number of alkyl halides is 3. The molecule has 27 heavy (non-hydrogen) atoms. The van der Waals surface area contributed by atoms with Crippen molar-refractivity contribution in [1.29, 1.82) is 0 Å². The maximum absolute atomic E-state index is 13.1. The van der Waals surface area contributed by atoms with Gasteiger partial charge < -0.3 is 0 Å². The van der Waals surface area contributed by atoms with Crippen LogP contribution in [0.5, 0.6) is 0 Å². The van der Waals surface area contributed by atoms with Crippen LogP contribution in [-0.2, 0) is 6.18 Å². The smallest absolute Gasteiger partial charge is 0.240 e. The van der Waals surface area contributed by atoms with Crippen LogP contribution >= 0.6 is 0 Å². The molecule has 0 aliphatic heterocycles. The van der Waals surface area contributed by atoms with E-state index in [0.29, 0.717) is 11.5 Å². The minimum atomic E-state index is -4.35. The van der Waals surface area contributed by atoms with Gasteiger partial charge in [-0.1, -0.05) is 38.1 Å². The highest BCUT2D eigenvalue weighted by Crippen LogP contribution is 2.35. The van der Waals surface area contributed by atoms with Crippen molar-refractivity contribution in [2.75, 3.05) is 0 Å². The highest BCUT2D eigenvalue weighted by atomic mass is 19.4. The van der Waals surface area contributed by atoms with Crippen LogP contribution in [0.4, 0.5) is 13.2 Å². The lowest BCUT2D eigenvalue weighted by Crippen LogP contribution is -2.06. The van der Waals surface area contributed by atoms with Crippen molar-refractivity contribution in [1.82, 2.24) is 9.78 Å². The molecule has 0 aliphatic rings. The minimum Gasteiger partial charge on any atom is -0.240 e. The molecule has 1 heterocycles. The number of benzene rings is 2. The molecule has 2 aromatic carbocycles. The second-order valence-corrected chi connectivity index (χ2v) is 6.77. The number of nitrogens with zero attached hydrogens (tertiary/aromatic N) is 2. The van der Waals surface area contributed by atoms with Crippen molar-refractivity contribution < 1.29 is 13.2 Å². The highest BCUT2D eigenvalue weighted by Gasteiger charge is 2.30. The first kappa shape index (κ1) is 19.2. The van der Waals surface area contributed by atoms with Gasteiger partial charge >= 0.3 is 6.18 Å². The number of aryl methyl sites for hydroxylation is 1. The van der Waals surface area contributed by atoms with E-state index < -0.39 is 11.7 Å². The monoisotopic (exact) mass is 372 g/mol. The number of rotatable bonds is 5. The summed E-state index contributed by atoms with van der Waals surface area (Å²) in [5.74, 6) is 0.375. The maximum atomic E-state index is 13.1. The van der Waals surface area contributed by atoms with Gasteiger partial charge in [0, 0.05) is 6.20 Å². The van der Waals surface area contributed by atoms with Crippen molar-refractivity contribution in [2.24, 2.45) is 0 Å². The SMILES string of the molecule is CCC(CC)c1ccc(-c2cccc(C(F)(F)F)c2)cc1-n1ccc(C)n1. The van der Waals surface area contributed by atoms with Crippen LogP contribution in [0.25, 0.3) is 16.8 Å². The fourth-order valence-corrected chi connectivity index (χ4v) is 3.42. The first-order chi connectivity index (χ1) is 12.8. The van der Waals surface area contributed by atoms with Crippen molar-refractivity contribution in [2.45, 2.75) is 45.7 Å². The molecule has 0 saturated heterocycles. The van der Waals surface area contributed by atoms with E-state index >= 15 is 0 Å². The number of hydrogen-bond donors (Lipinski definition) is 0. The Morgan fingerprint density at radius 3 is 2.26 bits per heavy atom. The van der Waals surface area contributed by atoms with Gasteiger partial charge in [0.15, 0.2) is 0 Å². The standard InChI is InChI=1S/C22H23F3N2/c1-4-16(5-2)20-10-9-18(14-21(20)27-12-11-15(3)26-27)17-7-6-8-19(13-17)22(23,24)25/h6-14,16H,4-5H2,1-3H3. The van der Waals surface area contributed by atoms with E-state index in [0.717, 1.165) is 35.9 Å². The lowest BCUT2D eigenvalue weighted by atomic mass is 9.90. The van der Waals surface area contributed by atoms with Gasteiger partial charge in [-0.2, -0.15) is 18.3 Å². The molecule has 1 aromatic heterocycles. The van der Waals surface area contributed by atoms with Crippen LogP contribution in [-0.4, -0.2) is 9.78 Å². The van der Waals surface area contributed by atoms with Gasteiger partial charge in [-0.25, -0.2) is 4.68 Å². The largest absolute Gasteiger partial charge is 0.416 e. The molecule has 0 unspecified atom stereocenters. The van der Waals surface area contributed by atoms with Gasteiger partial charge in [-0.05, 0) is 66.6 Å². The van der Waals surface area contributed by atoms with Gasteiger partial charge in [0.25, 0.3) is 0 Å². The maximum Gasteiger partial charge on any atom is 0.416 e. The van der Waals surface area contributed by atoms with Crippen LogP contribution < -0.4 is 0 Å². The summed E-state index contributed by atoms with van der Waals surface area (Å²) in [6.07, 6.45) is -0.473. The summed E-state index contributed by atoms with van der Waals surface area (Å²) in [4.78, 5) is 0. The van der Waals surface area contributed by atoms with Crippen LogP contribution in [0.1, 0.15) is 49.4 Å². The van der Waals surface area contributed by atoms with E-state index in [4.69, 9.17) is 0 Å². The lowest BCUT2D eigenvalue weighted by molar-refractivity contribution is -0.137. The number of hydrogen-bond acceptors (Lipinski definition) is 1. The number of aromatic nitrogens is 2. The summed E-state index contributed by atoms with van der Waals surface area (Å²) in [6, 6.07) is 13.3. The fourth-order valence-electron chi connectivity index (χ4n) is 3.42. The van der Waals surface area contributed by atoms with E-state index in [-0.39, 0.29) is 0 Å². The summed E-state index contributed by atoms with van der Waals surface area (Å²) < 4.78 is 41.1. The van der Waals surface area contributed by atoms with E-state index in [1.54, 1.807) is 6.07 Å². The zero-order chi connectivity index (χ0) is 19.6. The molecule has 2 nitrogen and oxygen atoms in total. The molecule has 0 aliphatic carbocycles. The Kier molecular flexibility index (Phi) is 5.40. The van der Waals surface area contributed by atoms with Crippen molar-refractivity contribution in [3.63, 3.8) is 0 Å². The van der Waals surface area contributed by atoms with Crippen molar-refractivity contribution in [3.05, 3.63) is 71.5 Å². The second-order valence-electron chi connectivity index (χ2n) is 6.77. The molecule has 3 rings (SSSR count). The van der Waals surface area contributed by atoms with E-state index in [1.807, 2.05) is 42.1 Å². The summed E-state index contributed by atoms with van der Waals surface area (Å²) in [7, 11) is 0. The molecular formula is C22H23F3N2. The van der Waals surface area contributed by atoms with Crippen LogP contribution in [0.2, 0.25) is 0 Å². The van der Waals surface area contributed by atoms with Gasteiger partial charge in [0.2, 0.25) is 0 Å². The summed E-state index contributed by atoms with van der Waals surface area (Å²) in [6.45, 7) is 6.21. The second kappa shape index (κ2) is 7.59. The Balaban J connectivity index is 2.14. The molecule has 142 valence electrons. The molecule has 0 spiro atoms. The molecule has 5 heteroatoms. The molecule has 0 radical (unpaired) electrons. The average Bonchev–Trinajstić information content (AvgIpc) is 3.08. The van der Waals surface area contributed by atoms with E-state index in [2.05, 4.69) is 18.9 Å². The zero-order valence-corrected chi connectivity index (χ0v) is 15.7. The van der Waals surface area contributed by atoms with E-state index in [9.17, 15) is 13.2 Å². The predicted octanol–water partition coefficient (Wildman–Crippen LogP) is 6.77. The molecule has 0 amide bonds. The summed E-state index contributed by atoms with van der Waals surface area (Å²) >= 11 is 0. The third-order valence-corrected chi connectivity index (χ3v) is 4.95. The molecule has 3 aromatic rings. The molecule has 0 saturated carbocycles. The molecule has 0 bridgehead atoms. The van der Waals surface area contributed by atoms with Gasteiger partial charge in [-0.3, -0.25) is 0 Å². The third kappa shape index (κ3) is 4.07. The zero-order valence-electron chi connectivity index (χ0n) is 15.7. The van der Waals surface area contributed by atoms with Crippen molar-refractivity contribution >= 4 is 0 Å².